The van der Waals surface area contributed by atoms with Crippen molar-refractivity contribution in [2.75, 3.05) is 13.1 Å². The van der Waals surface area contributed by atoms with Crippen LogP contribution in [0.3, 0.4) is 0 Å². The Morgan fingerprint density at radius 2 is 2.29 bits per heavy atom. The molecule has 0 aromatic carbocycles. The standard InChI is InChI=1S/C12H21N3OS/c1-12(2,11(13)15-16)6-8-14-7-5-10-4-3-9-17-10/h3-4,9,14,16H,5-8H2,1-2H3,(H2,13,15). The highest BCUT2D eigenvalue weighted by molar-refractivity contribution is 7.09. The van der Waals surface area contributed by atoms with E-state index in [4.69, 9.17) is 10.9 Å². The van der Waals surface area contributed by atoms with Crippen LogP contribution in [0.25, 0.3) is 0 Å². The van der Waals surface area contributed by atoms with Crippen LogP contribution in [0, 0.1) is 5.41 Å². The largest absolute Gasteiger partial charge is 0.409 e. The fraction of sp³-hybridized carbons (Fsp3) is 0.583. The van der Waals surface area contributed by atoms with Crippen molar-refractivity contribution in [1.82, 2.24) is 5.32 Å². The molecule has 0 bridgehead atoms. The average molecular weight is 255 g/mol. The van der Waals surface area contributed by atoms with Crippen LogP contribution in [-0.4, -0.2) is 24.1 Å². The summed E-state index contributed by atoms with van der Waals surface area (Å²) in [5.74, 6) is 0.289. The van der Waals surface area contributed by atoms with Crippen molar-refractivity contribution in [3.63, 3.8) is 0 Å². The molecule has 1 aromatic rings. The van der Waals surface area contributed by atoms with Gasteiger partial charge in [-0.25, -0.2) is 0 Å². The molecule has 0 amide bonds. The molecular formula is C12H21N3OS. The minimum absolute atomic E-state index is 0.259. The van der Waals surface area contributed by atoms with E-state index in [0.29, 0.717) is 0 Å². The summed E-state index contributed by atoms with van der Waals surface area (Å²) in [7, 11) is 0. The third kappa shape index (κ3) is 4.75. The van der Waals surface area contributed by atoms with Gasteiger partial charge in [-0.3, -0.25) is 0 Å². The summed E-state index contributed by atoms with van der Waals surface area (Å²) in [5.41, 5.74) is 5.36. The Labute approximate surface area is 107 Å². The zero-order valence-corrected chi connectivity index (χ0v) is 11.3. The van der Waals surface area contributed by atoms with Crippen LogP contribution < -0.4 is 11.1 Å². The van der Waals surface area contributed by atoms with Crippen molar-refractivity contribution in [2.24, 2.45) is 16.3 Å². The molecule has 0 spiro atoms. The minimum Gasteiger partial charge on any atom is -0.409 e. The molecule has 0 aliphatic heterocycles. The molecule has 0 aliphatic rings. The highest BCUT2D eigenvalue weighted by Gasteiger charge is 2.22. The zero-order valence-electron chi connectivity index (χ0n) is 10.4. The zero-order chi connectivity index (χ0) is 12.7. The third-order valence-corrected chi connectivity index (χ3v) is 3.79. The first kappa shape index (κ1) is 14.0. The van der Waals surface area contributed by atoms with E-state index in [1.165, 1.54) is 4.88 Å². The van der Waals surface area contributed by atoms with Gasteiger partial charge in [0.2, 0.25) is 0 Å². The van der Waals surface area contributed by atoms with Gasteiger partial charge in [-0.1, -0.05) is 25.1 Å². The molecule has 96 valence electrons. The van der Waals surface area contributed by atoms with Gasteiger partial charge < -0.3 is 16.3 Å². The van der Waals surface area contributed by atoms with Crippen LogP contribution in [0.4, 0.5) is 0 Å². The molecule has 4 N–H and O–H groups in total. The summed E-state index contributed by atoms with van der Waals surface area (Å²) in [4.78, 5) is 1.40. The number of rotatable bonds is 7. The monoisotopic (exact) mass is 255 g/mol. The highest BCUT2D eigenvalue weighted by Crippen LogP contribution is 2.19. The van der Waals surface area contributed by atoms with Gasteiger partial charge in [0.05, 0.1) is 0 Å². The summed E-state index contributed by atoms with van der Waals surface area (Å²) >= 11 is 1.78. The molecule has 1 heterocycles. The molecule has 0 unspecified atom stereocenters. The van der Waals surface area contributed by atoms with Crippen molar-refractivity contribution in [3.8, 4) is 0 Å². The maximum Gasteiger partial charge on any atom is 0.144 e. The second-order valence-corrected chi connectivity index (χ2v) is 5.73. The summed E-state index contributed by atoms with van der Waals surface area (Å²) in [6.07, 6.45) is 1.91. The molecule has 1 rings (SSSR count). The van der Waals surface area contributed by atoms with Crippen LogP contribution >= 0.6 is 11.3 Å². The molecule has 17 heavy (non-hydrogen) atoms. The van der Waals surface area contributed by atoms with E-state index in [9.17, 15) is 0 Å². The molecule has 0 aliphatic carbocycles. The summed E-state index contributed by atoms with van der Waals surface area (Å²) in [5, 5.41) is 17.2. The van der Waals surface area contributed by atoms with Crippen LogP contribution in [-0.2, 0) is 6.42 Å². The predicted molar refractivity (Wildman–Crippen MR) is 72.7 cm³/mol. The van der Waals surface area contributed by atoms with E-state index in [0.717, 1.165) is 25.9 Å². The molecule has 4 nitrogen and oxygen atoms in total. The van der Waals surface area contributed by atoms with Crippen molar-refractivity contribution in [3.05, 3.63) is 22.4 Å². The van der Waals surface area contributed by atoms with Crippen molar-refractivity contribution < 1.29 is 5.21 Å². The first-order valence-electron chi connectivity index (χ1n) is 5.77. The summed E-state index contributed by atoms with van der Waals surface area (Å²) in [6.45, 7) is 5.79. The Morgan fingerprint density at radius 3 is 2.88 bits per heavy atom. The quantitative estimate of drug-likeness (QED) is 0.229. The Balaban J connectivity index is 2.16. The smallest absolute Gasteiger partial charge is 0.144 e. The van der Waals surface area contributed by atoms with E-state index >= 15 is 0 Å². The number of thiophene rings is 1. The highest BCUT2D eigenvalue weighted by atomic mass is 32.1. The average Bonchev–Trinajstić information content (AvgIpc) is 2.80. The number of nitrogens with two attached hydrogens (primary N) is 1. The number of oxime groups is 1. The number of amidine groups is 1. The Bertz CT molecular complexity index is 347. The lowest BCUT2D eigenvalue weighted by molar-refractivity contribution is 0.305. The number of nitrogens with one attached hydrogen (secondary N) is 1. The van der Waals surface area contributed by atoms with Gasteiger partial charge in [0.1, 0.15) is 5.84 Å². The third-order valence-electron chi connectivity index (χ3n) is 2.86. The Morgan fingerprint density at radius 1 is 1.53 bits per heavy atom. The van der Waals surface area contributed by atoms with Gasteiger partial charge in [0.25, 0.3) is 0 Å². The number of nitrogens with zero attached hydrogens (tertiary/aromatic N) is 1. The van der Waals surface area contributed by atoms with Crippen LogP contribution in [0.5, 0.6) is 0 Å². The molecule has 5 heteroatoms. The van der Waals surface area contributed by atoms with Crippen molar-refractivity contribution in [2.45, 2.75) is 26.7 Å². The first-order chi connectivity index (χ1) is 8.06. The van der Waals surface area contributed by atoms with Crippen LogP contribution in [0.1, 0.15) is 25.1 Å². The molecule has 0 atom stereocenters. The fourth-order valence-electron chi connectivity index (χ4n) is 1.46. The lowest BCUT2D eigenvalue weighted by atomic mass is 9.88. The van der Waals surface area contributed by atoms with E-state index in [1.54, 1.807) is 11.3 Å². The molecule has 0 radical (unpaired) electrons. The van der Waals surface area contributed by atoms with Gasteiger partial charge in [0.15, 0.2) is 0 Å². The topological polar surface area (TPSA) is 70.6 Å². The van der Waals surface area contributed by atoms with Crippen molar-refractivity contribution >= 4 is 17.2 Å². The second-order valence-electron chi connectivity index (χ2n) is 4.70. The summed E-state index contributed by atoms with van der Waals surface area (Å²) < 4.78 is 0. The SMILES string of the molecule is CC(C)(CCNCCc1cccs1)C(N)=NO. The minimum atomic E-state index is -0.259. The maximum absolute atomic E-state index is 8.64. The number of hydrogen-bond donors (Lipinski definition) is 3. The molecule has 0 saturated carbocycles. The predicted octanol–water partition coefficient (Wildman–Crippen LogP) is 2.04. The van der Waals surface area contributed by atoms with E-state index in [2.05, 4.69) is 28.0 Å². The lowest BCUT2D eigenvalue weighted by Gasteiger charge is -2.22. The van der Waals surface area contributed by atoms with E-state index < -0.39 is 0 Å². The van der Waals surface area contributed by atoms with Gasteiger partial charge in [-0.15, -0.1) is 11.3 Å². The van der Waals surface area contributed by atoms with Crippen LogP contribution in [0.2, 0.25) is 0 Å². The Hall–Kier alpha value is -1.07. The Kier molecular flexibility index (Phi) is 5.44. The van der Waals surface area contributed by atoms with Crippen molar-refractivity contribution in [1.29, 1.82) is 0 Å². The maximum atomic E-state index is 8.64. The molecule has 0 fully saturated rings. The lowest BCUT2D eigenvalue weighted by Crippen LogP contribution is -2.35. The van der Waals surface area contributed by atoms with E-state index in [1.807, 2.05) is 13.8 Å². The molecule has 0 saturated heterocycles. The molecular weight excluding hydrogens is 234 g/mol. The number of hydrogen-bond acceptors (Lipinski definition) is 4. The van der Waals surface area contributed by atoms with E-state index in [-0.39, 0.29) is 11.3 Å². The van der Waals surface area contributed by atoms with Gasteiger partial charge >= 0.3 is 0 Å². The normalized spacial score (nSPS) is 12.9. The first-order valence-corrected chi connectivity index (χ1v) is 6.65. The van der Waals surface area contributed by atoms with Gasteiger partial charge in [-0.2, -0.15) is 0 Å². The fourth-order valence-corrected chi connectivity index (χ4v) is 2.16. The summed E-state index contributed by atoms with van der Waals surface area (Å²) in [6, 6.07) is 4.22. The second kappa shape index (κ2) is 6.61. The van der Waals surface area contributed by atoms with Gasteiger partial charge in [-0.05, 0) is 37.4 Å². The molecule has 1 aromatic heterocycles. The van der Waals surface area contributed by atoms with Gasteiger partial charge in [0, 0.05) is 10.3 Å². The van der Waals surface area contributed by atoms with Crippen LogP contribution in [0.15, 0.2) is 22.7 Å².